The van der Waals surface area contributed by atoms with E-state index in [1.807, 2.05) is 0 Å². The van der Waals surface area contributed by atoms with Gasteiger partial charge in [0.25, 0.3) is 0 Å². The Balaban J connectivity index is 1.64. The highest BCUT2D eigenvalue weighted by Crippen LogP contribution is 2.31. The summed E-state index contributed by atoms with van der Waals surface area (Å²) in [5, 5.41) is 3.48. The highest BCUT2D eigenvalue weighted by Gasteiger charge is 2.25. The minimum absolute atomic E-state index is 0.177. The lowest BCUT2D eigenvalue weighted by Crippen LogP contribution is -2.32. The van der Waals surface area contributed by atoms with Gasteiger partial charge in [-0.3, -0.25) is 4.79 Å². The van der Waals surface area contributed by atoms with E-state index >= 15 is 0 Å². The van der Waals surface area contributed by atoms with E-state index in [2.05, 4.69) is 10.3 Å². The Morgan fingerprint density at radius 1 is 1.13 bits per heavy atom. The van der Waals surface area contributed by atoms with Gasteiger partial charge >= 0.3 is 0 Å². The van der Waals surface area contributed by atoms with Gasteiger partial charge in [-0.1, -0.05) is 53.9 Å². The van der Waals surface area contributed by atoms with Crippen LogP contribution in [0.3, 0.4) is 0 Å². The predicted octanol–water partition coefficient (Wildman–Crippen LogP) is 5.07. The highest BCUT2D eigenvalue weighted by molar-refractivity contribution is 8.00. The number of anilines is 1. The largest absolute Gasteiger partial charge is 0.324 e. The summed E-state index contributed by atoms with van der Waals surface area (Å²) in [5.74, 6) is -0.257. The lowest BCUT2D eigenvalue weighted by atomic mass is 10.2. The molecule has 1 atom stereocenters. The Kier molecular flexibility index (Phi) is 8.04. The Labute approximate surface area is 191 Å². The van der Waals surface area contributed by atoms with E-state index in [1.165, 1.54) is 22.3 Å². The number of hydrogen-bond donors (Lipinski definition) is 1. The molecule has 1 aromatic carbocycles. The number of carbonyl (C=O) groups excluding carboxylic acids is 1. The number of benzene rings is 1. The Morgan fingerprint density at radius 2 is 1.83 bits per heavy atom. The van der Waals surface area contributed by atoms with E-state index in [0.29, 0.717) is 28.8 Å². The van der Waals surface area contributed by atoms with Crippen molar-refractivity contribution in [2.45, 2.75) is 47.8 Å². The van der Waals surface area contributed by atoms with Crippen molar-refractivity contribution in [1.82, 2.24) is 9.29 Å². The van der Waals surface area contributed by atoms with Gasteiger partial charge in [-0.15, -0.1) is 0 Å². The molecule has 1 amide bonds. The van der Waals surface area contributed by atoms with Crippen LogP contribution in [0.1, 0.15) is 32.6 Å². The summed E-state index contributed by atoms with van der Waals surface area (Å²) < 4.78 is 27.2. The summed E-state index contributed by atoms with van der Waals surface area (Å²) >= 11 is 13.3. The van der Waals surface area contributed by atoms with E-state index in [1.54, 1.807) is 37.3 Å². The zero-order valence-corrected chi connectivity index (χ0v) is 19.6. The zero-order chi connectivity index (χ0) is 21.7. The van der Waals surface area contributed by atoms with Crippen LogP contribution in [-0.2, 0) is 14.8 Å². The van der Waals surface area contributed by atoms with Crippen molar-refractivity contribution < 1.29 is 13.2 Å². The number of halogens is 2. The van der Waals surface area contributed by atoms with Gasteiger partial charge in [0.2, 0.25) is 15.9 Å². The summed E-state index contributed by atoms with van der Waals surface area (Å²) in [5.41, 5.74) is 0.438. The number of pyridine rings is 1. The van der Waals surface area contributed by atoms with Crippen molar-refractivity contribution in [2.75, 3.05) is 18.4 Å². The second-order valence-corrected chi connectivity index (χ2v) is 11.1. The van der Waals surface area contributed by atoms with Crippen molar-refractivity contribution in [1.29, 1.82) is 0 Å². The molecule has 0 spiro atoms. The average molecular weight is 488 g/mol. The van der Waals surface area contributed by atoms with E-state index in [9.17, 15) is 13.2 Å². The smallest absolute Gasteiger partial charge is 0.244 e. The molecular formula is C20H23Cl2N3O3S2. The van der Waals surface area contributed by atoms with Crippen LogP contribution in [0.4, 0.5) is 5.69 Å². The topological polar surface area (TPSA) is 79.4 Å². The number of rotatable bonds is 6. The fourth-order valence-electron chi connectivity index (χ4n) is 3.09. The second kappa shape index (κ2) is 10.3. The van der Waals surface area contributed by atoms with Crippen LogP contribution in [0, 0.1) is 0 Å². The van der Waals surface area contributed by atoms with Gasteiger partial charge in [-0.25, -0.2) is 13.4 Å². The summed E-state index contributed by atoms with van der Waals surface area (Å²) in [6.45, 7) is 2.83. The second-order valence-electron chi connectivity index (χ2n) is 7.00. The molecule has 10 heteroatoms. The number of carbonyl (C=O) groups is 1. The molecule has 1 N–H and O–H groups in total. The van der Waals surface area contributed by atoms with Crippen LogP contribution in [0.2, 0.25) is 10.0 Å². The molecule has 6 nitrogen and oxygen atoms in total. The normalized spacial score (nSPS) is 16.6. The standard InChI is InChI=1S/C20H23Cl2N3O3S2/c1-14(20(26)24-17-8-6-7-16(21)19(17)22)29-18-10-9-15(13-23-18)30(27,28)25-11-4-2-3-5-12-25/h6-10,13-14H,2-5,11-12H2,1H3,(H,24,26)/t14-/m0/s1. The van der Waals surface area contributed by atoms with Crippen molar-refractivity contribution in [3.63, 3.8) is 0 Å². The molecule has 1 aromatic heterocycles. The molecule has 162 valence electrons. The summed E-state index contributed by atoms with van der Waals surface area (Å²) in [4.78, 5) is 16.9. The molecule has 1 fully saturated rings. The molecule has 2 aromatic rings. The summed E-state index contributed by atoms with van der Waals surface area (Å²) in [6.07, 6.45) is 5.23. The number of amides is 1. The van der Waals surface area contributed by atoms with Gasteiger partial charge in [0, 0.05) is 19.3 Å². The quantitative estimate of drug-likeness (QED) is 0.575. The molecule has 0 saturated carbocycles. The molecule has 3 rings (SSSR count). The third-order valence-electron chi connectivity index (χ3n) is 4.79. The minimum Gasteiger partial charge on any atom is -0.324 e. The van der Waals surface area contributed by atoms with Gasteiger partial charge in [0.15, 0.2) is 0 Å². The number of nitrogens with one attached hydrogen (secondary N) is 1. The highest BCUT2D eigenvalue weighted by atomic mass is 35.5. The first-order chi connectivity index (χ1) is 14.3. The Bertz CT molecular complexity index is 993. The van der Waals surface area contributed by atoms with Gasteiger partial charge in [0.1, 0.15) is 4.90 Å². The van der Waals surface area contributed by atoms with Crippen LogP contribution in [0.15, 0.2) is 46.5 Å². The average Bonchev–Trinajstić information content (AvgIpc) is 3.02. The van der Waals surface area contributed by atoms with E-state index in [4.69, 9.17) is 23.2 Å². The maximum atomic E-state index is 12.8. The molecule has 1 aliphatic rings. The molecular weight excluding hydrogens is 465 g/mol. The maximum absolute atomic E-state index is 12.8. The number of sulfonamides is 1. The first-order valence-corrected chi connectivity index (χ1v) is 12.7. The first kappa shape index (κ1) is 23.3. The first-order valence-electron chi connectivity index (χ1n) is 9.67. The van der Waals surface area contributed by atoms with Crippen LogP contribution in [0.25, 0.3) is 0 Å². The van der Waals surface area contributed by atoms with Gasteiger partial charge in [-0.05, 0) is 44.0 Å². The predicted molar refractivity (Wildman–Crippen MR) is 122 cm³/mol. The lowest BCUT2D eigenvalue weighted by Gasteiger charge is -2.19. The number of thioether (sulfide) groups is 1. The number of aromatic nitrogens is 1. The molecule has 30 heavy (non-hydrogen) atoms. The molecule has 2 heterocycles. The van der Waals surface area contributed by atoms with Crippen molar-refractivity contribution in [3.8, 4) is 0 Å². The van der Waals surface area contributed by atoms with E-state index < -0.39 is 15.3 Å². The molecule has 1 aliphatic heterocycles. The number of nitrogens with zero attached hydrogens (tertiary/aromatic N) is 2. The Morgan fingerprint density at radius 3 is 2.47 bits per heavy atom. The molecule has 1 saturated heterocycles. The van der Waals surface area contributed by atoms with Crippen LogP contribution in [-0.4, -0.2) is 42.0 Å². The third kappa shape index (κ3) is 5.68. The van der Waals surface area contributed by atoms with E-state index in [-0.39, 0.29) is 15.8 Å². The molecule has 0 radical (unpaired) electrons. The molecule has 0 bridgehead atoms. The number of hydrogen-bond acceptors (Lipinski definition) is 5. The fraction of sp³-hybridized carbons (Fsp3) is 0.400. The SMILES string of the molecule is C[C@H](Sc1ccc(S(=O)(=O)N2CCCCCC2)cn1)C(=O)Nc1cccc(Cl)c1Cl. The maximum Gasteiger partial charge on any atom is 0.244 e. The van der Waals surface area contributed by atoms with Crippen LogP contribution in [0.5, 0.6) is 0 Å². The van der Waals surface area contributed by atoms with Crippen LogP contribution >= 0.6 is 35.0 Å². The molecule has 0 unspecified atom stereocenters. The Hall–Kier alpha value is -1.32. The minimum atomic E-state index is -3.54. The fourth-order valence-corrected chi connectivity index (χ4v) is 5.69. The van der Waals surface area contributed by atoms with Crippen molar-refractivity contribution in [3.05, 3.63) is 46.6 Å². The van der Waals surface area contributed by atoms with E-state index in [0.717, 1.165) is 25.7 Å². The lowest BCUT2D eigenvalue weighted by molar-refractivity contribution is -0.115. The molecule has 0 aliphatic carbocycles. The van der Waals surface area contributed by atoms with Crippen molar-refractivity contribution >= 4 is 56.6 Å². The van der Waals surface area contributed by atoms with Gasteiger partial charge in [-0.2, -0.15) is 4.31 Å². The van der Waals surface area contributed by atoms with Gasteiger partial charge < -0.3 is 5.32 Å². The summed E-state index contributed by atoms with van der Waals surface area (Å²) in [7, 11) is -3.54. The van der Waals surface area contributed by atoms with Gasteiger partial charge in [0.05, 0.1) is 26.0 Å². The zero-order valence-electron chi connectivity index (χ0n) is 16.5. The monoisotopic (exact) mass is 487 g/mol. The van der Waals surface area contributed by atoms with Crippen LogP contribution < -0.4 is 5.32 Å². The van der Waals surface area contributed by atoms with Crippen molar-refractivity contribution in [2.24, 2.45) is 0 Å². The summed E-state index contributed by atoms with van der Waals surface area (Å²) in [6, 6.07) is 8.19. The third-order valence-corrected chi connectivity index (χ3v) is 8.54.